The smallest absolute Gasteiger partial charge is 0.0737 e. The molecule has 0 unspecified atom stereocenters. The molecule has 0 atom stereocenters. The largest absolute Gasteiger partial charge is 0.310 e. The van der Waals surface area contributed by atoms with Crippen molar-refractivity contribution >= 4 is 129 Å². The SMILES string of the molecule is c1ccc(N(c2ccc3c4c(ccc3c2)-c2ccc3cc(N(c5ccccc5)c5ccc6sc7ccccc7c6c5)ccc3c2C42c3ccccc3-c3c2ccc2ccccc32)c2ccc3sc4ccccc4c3c2)cc1. The van der Waals surface area contributed by atoms with E-state index in [9.17, 15) is 0 Å². The first kappa shape index (κ1) is 43.0. The minimum atomic E-state index is -0.614. The Morgan fingerprint density at radius 2 is 0.688 bits per heavy atom. The molecule has 358 valence electrons. The lowest BCUT2D eigenvalue weighted by Gasteiger charge is -2.33. The zero-order valence-electron chi connectivity index (χ0n) is 41.6. The third kappa shape index (κ3) is 6.11. The van der Waals surface area contributed by atoms with Gasteiger partial charge in [0.05, 0.1) is 5.41 Å². The highest BCUT2D eigenvalue weighted by atomic mass is 32.1. The van der Waals surface area contributed by atoms with Gasteiger partial charge in [0, 0.05) is 74.5 Å². The van der Waals surface area contributed by atoms with Crippen molar-refractivity contribution in [3.63, 3.8) is 0 Å². The minimum Gasteiger partial charge on any atom is -0.310 e. The van der Waals surface area contributed by atoms with E-state index in [4.69, 9.17) is 0 Å². The van der Waals surface area contributed by atoms with E-state index in [1.54, 1.807) is 0 Å². The predicted molar refractivity (Wildman–Crippen MR) is 330 cm³/mol. The van der Waals surface area contributed by atoms with Crippen molar-refractivity contribution in [2.24, 2.45) is 0 Å². The van der Waals surface area contributed by atoms with Gasteiger partial charge < -0.3 is 9.80 Å². The Bertz CT molecular complexity index is 4710. The highest BCUT2D eigenvalue weighted by Crippen LogP contribution is 2.66. The quantitative estimate of drug-likeness (QED) is 0.164. The maximum Gasteiger partial charge on any atom is 0.0737 e. The Morgan fingerprint density at radius 1 is 0.247 bits per heavy atom. The fraction of sp³-hybridized carbons (Fsp3) is 0.0137. The molecule has 13 aromatic carbocycles. The lowest BCUT2D eigenvalue weighted by atomic mass is 9.68. The van der Waals surface area contributed by atoms with Crippen molar-refractivity contribution in [3.8, 4) is 22.3 Å². The van der Waals surface area contributed by atoms with E-state index < -0.39 is 5.41 Å². The predicted octanol–water partition coefficient (Wildman–Crippen LogP) is 21.2. The van der Waals surface area contributed by atoms with Gasteiger partial charge >= 0.3 is 0 Å². The van der Waals surface area contributed by atoms with E-state index in [1.165, 1.54) is 117 Å². The third-order valence-corrected chi connectivity index (χ3v) is 19.1. The molecule has 1 spiro atoms. The van der Waals surface area contributed by atoms with Crippen LogP contribution in [0.1, 0.15) is 22.3 Å². The van der Waals surface area contributed by atoms with Crippen molar-refractivity contribution in [1.82, 2.24) is 0 Å². The number of thiophene rings is 2. The van der Waals surface area contributed by atoms with E-state index >= 15 is 0 Å². The summed E-state index contributed by atoms with van der Waals surface area (Å²) in [4.78, 5) is 4.86. The Labute approximate surface area is 453 Å². The zero-order valence-corrected chi connectivity index (χ0v) is 43.2. The number of benzene rings is 13. The summed E-state index contributed by atoms with van der Waals surface area (Å²) in [5, 5.41) is 12.7. The van der Waals surface area contributed by atoms with Gasteiger partial charge in [-0.05, 0) is 174 Å². The van der Waals surface area contributed by atoms with Crippen molar-refractivity contribution in [2.45, 2.75) is 5.41 Å². The van der Waals surface area contributed by atoms with Gasteiger partial charge in [-0.2, -0.15) is 0 Å². The summed E-state index contributed by atoms with van der Waals surface area (Å²) >= 11 is 3.72. The molecule has 2 aliphatic carbocycles. The zero-order chi connectivity index (χ0) is 50.3. The maximum atomic E-state index is 2.46. The molecule has 0 saturated heterocycles. The molecule has 4 heteroatoms. The number of fused-ring (bicyclic) bond motifs is 22. The van der Waals surface area contributed by atoms with Crippen LogP contribution in [-0.2, 0) is 5.41 Å². The minimum absolute atomic E-state index is 0.614. The molecule has 0 N–H and O–H groups in total. The van der Waals surface area contributed by atoms with Crippen molar-refractivity contribution in [3.05, 3.63) is 289 Å². The fourth-order valence-electron chi connectivity index (χ4n) is 13.6. The monoisotopic (exact) mass is 1010 g/mol. The molecule has 2 nitrogen and oxygen atoms in total. The van der Waals surface area contributed by atoms with Crippen molar-refractivity contribution < 1.29 is 0 Å². The molecule has 0 saturated carbocycles. The number of rotatable bonds is 6. The summed E-state index contributed by atoms with van der Waals surface area (Å²) < 4.78 is 5.22. The average molecular weight is 1010 g/mol. The van der Waals surface area contributed by atoms with Gasteiger partial charge in [-0.3, -0.25) is 0 Å². The summed E-state index contributed by atoms with van der Waals surface area (Å²) in [5.41, 5.74) is 16.8. The lowest BCUT2D eigenvalue weighted by Crippen LogP contribution is -2.26. The Balaban J connectivity index is 0.902. The number of hydrogen-bond acceptors (Lipinski definition) is 4. The molecule has 0 aliphatic heterocycles. The van der Waals surface area contributed by atoms with Gasteiger partial charge in [0.1, 0.15) is 0 Å². The average Bonchev–Trinajstić information content (AvgIpc) is 3.14. The molecule has 0 amide bonds. The van der Waals surface area contributed by atoms with Gasteiger partial charge in [-0.15, -0.1) is 22.7 Å². The molecule has 0 radical (unpaired) electrons. The Hall–Kier alpha value is -9.32. The number of hydrogen-bond donors (Lipinski definition) is 0. The molecule has 15 aromatic rings. The fourth-order valence-corrected chi connectivity index (χ4v) is 15.8. The van der Waals surface area contributed by atoms with Gasteiger partial charge in [0.15, 0.2) is 0 Å². The lowest BCUT2D eigenvalue weighted by molar-refractivity contribution is 0.810. The van der Waals surface area contributed by atoms with Gasteiger partial charge in [0.2, 0.25) is 0 Å². The van der Waals surface area contributed by atoms with Crippen LogP contribution >= 0.6 is 22.7 Å². The van der Waals surface area contributed by atoms with Crippen LogP contribution in [0.3, 0.4) is 0 Å². The summed E-state index contributed by atoms with van der Waals surface area (Å²) in [6.45, 7) is 0. The molecule has 2 aromatic heterocycles. The van der Waals surface area contributed by atoms with E-state index in [0.717, 1.165) is 34.1 Å². The Kier molecular flexibility index (Phi) is 9.12. The maximum absolute atomic E-state index is 2.46. The van der Waals surface area contributed by atoms with Crippen LogP contribution in [-0.4, -0.2) is 0 Å². The van der Waals surface area contributed by atoms with Crippen LogP contribution in [0.2, 0.25) is 0 Å². The molecule has 77 heavy (non-hydrogen) atoms. The number of anilines is 6. The van der Waals surface area contributed by atoms with Crippen molar-refractivity contribution in [1.29, 1.82) is 0 Å². The summed E-state index contributed by atoms with van der Waals surface area (Å²) in [7, 11) is 0. The second-order valence-electron chi connectivity index (χ2n) is 20.7. The summed E-state index contributed by atoms with van der Waals surface area (Å²) in [6.07, 6.45) is 0. The molecule has 17 rings (SSSR count). The first-order valence-corrected chi connectivity index (χ1v) is 28.1. The Morgan fingerprint density at radius 3 is 1.26 bits per heavy atom. The van der Waals surface area contributed by atoms with Gasteiger partial charge in [-0.1, -0.05) is 170 Å². The van der Waals surface area contributed by atoms with Crippen LogP contribution < -0.4 is 9.80 Å². The number of nitrogens with zero attached hydrogens (tertiary/aromatic N) is 2. The van der Waals surface area contributed by atoms with E-state index in [2.05, 4.69) is 277 Å². The normalized spacial score (nSPS) is 13.0. The van der Waals surface area contributed by atoms with Crippen LogP contribution in [0.5, 0.6) is 0 Å². The topological polar surface area (TPSA) is 6.48 Å². The summed E-state index contributed by atoms with van der Waals surface area (Å²) in [5.74, 6) is 0. The van der Waals surface area contributed by atoms with Crippen molar-refractivity contribution in [2.75, 3.05) is 9.80 Å². The van der Waals surface area contributed by atoms with Crippen LogP contribution in [0.4, 0.5) is 34.1 Å². The molecule has 0 bridgehead atoms. The van der Waals surface area contributed by atoms with Crippen LogP contribution in [0, 0.1) is 0 Å². The molecular formula is C73H44N2S2. The van der Waals surface area contributed by atoms with Crippen LogP contribution in [0.25, 0.3) is 94.9 Å². The molecule has 2 aliphatic rings. The van der Waals surface area contributed by atoms with E-state index in [0.29, 0.717) is 0 Å². The van der Waals surface area contributed by atoms with E-state index in [-0.39, 0.29) is 0 Å². The molecule has 0 fully saturated rings. The third-order valence-electron chi connectivity index (χ3n) is 16.8. The van der Waals surface area contributed by atoms with Gasteiger partial charge in [0.25, 0.3) is 0 Å². The van der Waals surface area contributed by atoms with Crippen LogP contribution in [0.15, 0.2) is 267 Å². The molecule has 2 heterocycles. The first-order chi connectivity index (χ1) is 38.2. The molecular weight excluding hydrogens is 969 g/mol. The van der Waals surface area contributed by atoms with E-state index in [1.807, 2.05) is 22.7 Å². The summed E-state index contributed by atoms with van der Waals surface area (Å²) in [6, 6.07) is 100. The standard InChI is InChI=1S/C73H44N2S2/c1-3-16-48(17-4-1)74(52-32-39-68-62(43-52)57-21-10-13-25-66(57)76-68)50-30-36-55-46(41-50)27-34-59-60-35-28-47-42-51(75(49-18-5-2-6-19-49)53-33-40-69-63(44-53)58-22-11-14-26-67(58)77-69)31-37-56(47)72(60)73(71(55)59)64-24-12-9-23-61(64)70-54-20-8-7-15-45(54)29-38-65(70)73/h1-44H. The second-order valence-corrected chi connectivity index (χ2v) is 22.9. The highest BCUT2D eigenvalue weighted by Gasteiger charge is 2.53. The number of para-hydroxylation sites is 2. The van der Waals surface area contributed by atoms with Gasteiger partial charge in [-0.25, -0.2) is 0 Å². The highest BCUT2D eigenvalue weighted by molar-refractivity contribution is 7.26. The second kappa shape index (κ2) is 16.3. The first-order valence-electron chi connectivity index (χ1n) is 26.5.